The molecule has 10 heteroatoms. The van der Waals surface area contributed by atoms with Crippen LogP contribution in [0.4, 0.5) is 0 Å². The summed E-state index contributed by atoms with van der Waals surface area (Å²) >= 11 is 2.90. The van der Waals surface area contributed by atoms with E-state index in [1.54, 1.807) is 24.3 Å². The number of thiophene rings is 2. The maximum absolute atomic E-state index is 13.0. The maximum Gasteiger partial charge on any atom is 0.244 e. The summed E-state index contributed by atoms with van der Waals surface area (Å²) in [4.78, 5) is 15.1. The first kappa shape index (κ1) is 20.4. The Morgan fingerprint density at radius 3 is 2.63 bits per heavy atom. The van der Waals surface area contributed by atoms with Crippen LogP contribution >= 0.6 is 22.7 Å². The highest BCUT2D eigenvalue weighted by Crippen LogP contribution is 2.32. The van der Waals surface area contributed by atoms with Gasteiger partial charge in [0.05, 0.1) is 17.6 Å². The summed E-state index contributed by atoms with van der Waals surface area (Å²) in [5, 5.41) is 4.91. The zero-order valence-corrected chi connectivity index (χ0v) is 17.5. The largest absolute Gasteiger partial charge is 0.351 e. The molecule has 1 saturated heterocycles. The molecule has 0 radical (unpaired) electrons. The van der Waals surface area contributed by atoms with Gasteiger partial charge in [-0.2, -0.15) is 4.31 Å². The highest BCUT2D eigenvalue weighted by molar-refractivity contribution is 7.89. The van der Waals surface area contributed by atoms with Crippen molar-refractivity contribution in [2.45, 2.75) is 37.4 Å². The molecule has 0 saturated carbocycles. The smallest absolute Gasteiger partial charge is 0.244 e. The Bertz CT molecular complexity index is 883. The Morgan fingerprint density at radius 1 is 1.37 bits per heavy atom. The molecule has 1 amide bonds. The average molecular weight is 429 g/mol. The molecule has 1 aliphatic heterocycles. The second-order valence-electron chi connectivity index (χ2n) is 6.57. The number of carbonyl (C=O) groups is 1. The molecule has 3 rings (SSSR count). The number of aryl methyl sites for hydroxylation is 1. The lowest BCUT2D eigenvalue weighted by Crippen LogP contribution is -2.42. The summed E-state index contributed by atoms with van der Waals surface area (Å²) in [6.45, 7) is 2.94. The minimum absolute atomic E-state index is 0.0106. The minimum atomic E-state index is -3.60. The van der Waals surface area contributed by atoms with E-state index in [0.29, 0.717) is 42.2 Å². The molecule has 0 bridgehead atoms. The van der Waals surface area contributed by atoms with Gasteiger partial charge in [-0.1, -0.05) is 6.07 Å². The summed E-state index contributed by atoms with van der Waals surface area (Å²) in [5.74, 6) is -0.170. The van der Waals surface area contributed by atoms with Gasteiger partial charge in [0.2, 0.25) is 15.9 Å². The van der Waals surface area contributed by atoms with Crippen molar-refractivity contribution in [2.75, 3.05) is 13.1 Å². The standard InChI is InChI=1S/C17H24N4O3S3/c1-11-15(9-14(26-11)16(18)19)27(23,24)21-6-4-12(5-7-21)17(22)20-10-13-3-2-8-25-13/h2-3,8-9,12,16H,4-7,10,18-19H2,1H3,(H,20,22). The molecule has 2 aromatic rings. The van der Waals surface area contributed by atoms with Crippen molar-refractivity contribution < 1.29 is 13.2 Å². The van der Waals surface area contributed by atoms with E-state index in [0.717, 1.165) is 4.88 Å². The molecule has 0 atom stereocenters. The molecule has 3 heterocycles. The van der Waals surface area contributed by atoms with Crippen molar-refractivity contribution in [1.29, 1.82) is 0 Å². The van der Waals surface area contributed by atoms with E-state index in [1.807, 2.05) is 17.5 Å². The van der Waals surface area contributed by atoms with Crippen molar-refractivity contribution in [3.05, 3.63) is 38.2 Å². The number of hydrogen-bond donors (Lipinski definition) is 3. The number of carbonyl (C=O) groups excluding carboxylic acids is 1. The second-order valence-corrected chi connectivity index (χ2v) is 10.8. The van der Waals surface area contributed by atoms with Gasteiger partial charge in [0, 0.05) is 33.6 Å². The van der Waals surface area contributed by atoms with Gasteiger partial charge in [0.25, 0.3) is 0 Å². The van der Waals surface area contributed by atoms with Gasteiger partial charge in [-0.05, 0) is 37.3 Å². The number of sulfonamides is 1. The first-order valence-electron chi connectivity index (χ1n) is 8.70. The van der Waals surface area contributed by atoms with Crippen LogP contribution in [0.2, 0.25) is 0 Å². The van der Waals surface area contributed by atoms with Crippen LogP contribution in [0.3, 0.4) is 0 Å². The van der Waals surface area contributed by atoms with Crippen molar-refractivity contribution >= 4 is 38.6 Å². The predicted octanol–water partition coefficient (Wildman–Crippen LogP) is 1.75. The fourth-order valence-corrected chi connectivity index (χ4v) is 6.73. The number of piperidine rings is 1. The molecule has 0 spiro atoms. The third-order valence-electron chi connectivity index (χ3n) is 4.68. The maximum atomic E-state index is 13.0. The van der Waals surface area contributed by atoms with Gasteiger partial charge in [-0.25, -0.2) is 8.42 Å². The molecule has 0 unspecified atom stereocenters. The van der Waals surface area contributed by atoms with E-state index in [9.17, 15) is 13.2 Å². The van der Waals surface area contributed by atoms with Gasteiger partial charge in [0.15, 0.2) is 0 Å². The van der Waals surface area contributed by atoms with E-state index < -0.39 is 16.2 Å². The summed E-state index contributed by atoms with van der Waals surface area (Å²) in [6, 6.07) is 5.50. The van der Waals surface area contributed by atoms with Gasteiger partial charge >= 0.3 is 0 Å². The number of hydrogen-bond acceptors (Lipinski definition) is 7. The zero-order chi connectivity index (χ0) is 19.6. The van der Waals surface area contributed by atoms with Crippen LogP contribution in [0, 0.1) is 12.8 Å². The second kappa shape index (κ2) is 8.38. The van der Waals surface area contributed by atoms with Gasteiger partial charge in [0.1, 0.15) is 0 Å². The number of nitrogens with zero attached hydrogens (tertiary/aromatic N) is 1. The van der Waals surface area contributed by atoms with E-state index in [2.05, 4.69) is 5.32 Å². The van der Waals surface area contributed by atoms with E-state index in [-0.39, 0.29) is 16.7 Å². The van der Waals surface area contributed by atoms with Gasteiger partial charge < -0.3 is 16.8 Å². The molecule has 27 heavy (non-hydrogen) atoms. The summed E-state index contributed by atoms with van der Waals surface area (Å²) < 4.78 is 27.4. The molecule has 1 fully saturated rings. The van der Waals surface area contributed by atoms with Crippen molar-refractivity contribution in [2.24, 2.45) is 17.4 Å². The fourth-order valence-electron chi connectivity index (χ4n) is 3.14. The van der Waals surface area contributed by atoms with Gasteiger partial charge in [-0.15, -0.1) is 22.7 Å². The molecule has 148 valence electrons. The molecule has 7 nitrogen and oxygen atoms in total. The lowest BCUT2D eigenvalue weighted by atomic mass is 9.97. The quantitative estimate of drug-likeness (QED) is 0.606. The highest BCUT2D eigenvalue weighted by Gasteiger charge is 2.33. The Morgan fingerprint density at radius 2 is 2.07 bits per heavy atom. The Labute approximate surface area is 167 Å². The zero-order valence-electron chi connectivity index (χ0n) is 15.1. The van der Waals surface area contributed by atoms with Crippen molar-refractivity contribution in [3.8, 4) is 0 Å². The first-order valence-corrected chi connectivity index (χ1v) is 11.8. The molecule has 2 aromatic heterocycles. The Hall–Kier alpha value is -1.30. The summed E-state index contributed by atoms with van der Waals surface area (Å²) in [5.41, 5.74) is 11.3. The topological polar surface area (TPSA) is 119 Å². The van der Waals surface area contributed by atoms with Crippen LogP contribution in [0.5, 0.6) is 0 Å². The lowest BCUT2D eigenvalue weighted by Gasteiger charge is -2.30. The fraction of sp³-hybridized carbons (Fsp3) is 0.471. The van der Waals surface area contributed by atoms with E-state index in [1.165, 1.54) is 15.6 Å². The van der Waals surface area contributed by atoms with Crippen LogP contribution < -0.4 is 16.8 Å². The van der Waals surface area contributed by atoms with Crippen molar-refractivity contribution in [1.82, 2.24) is 9.62 Å². The Balaban J connectivity index is 1.60. The van der Waals surface area contributed by atoms with Crippen molar-refractivity contribution in [3.63, 3.8) is 0 Å². The molecule has 1 aliphatic rings. The third kappa shape index (κ3) is 4.58. The number of rotatable bonds is 6. The molecule has 0 aromatic carbocycles. The van der Waals surface area contributed by atoms with E-state index in [4.69, 9.17) is 11.5 Å². The minimum Gasteiger partial charge on any atom is -0.351 e. The average Bonchev–Trinajstić information content (AvgIpc) is 3.29. The lowest BCUT2D eigenvalue weighted by molar-refractivity contribution is -0.126. The third-order valence-corrected chi connectivity index (χ3v) is 8.86. The van der Waals surface area contributed by atoms with Crippen LogP contribution in [0.15, 0.2) is 28.5 Å². The molecular weight excluding hydrogens is 404 g/mol. The highest BCUT2D eigenvalue weighted by atomic mass is 32.2. The van der Waals surface area contributed by atoms with E-state index >= 15 is 0 Å². The Kier molecular flexibility index (Phi) is 6.34. The van der Waals surface area contributed by atoms with Gasteiger partial charge in [-0.3, -0.25) is 4.79 Å². The van der Waals surface area contributed by atoms with Crippen LogP contribution in [0.1, 0.15) is 33.6 Å². The molecular formula is C17H24N4O3S3. The molecule has 5 N–H and O–H groups in total. The number of nitrogens with one attached hydrogen (secondary N) is 1. The summed E-state index contributed by atoms with van der Waals surface area (Å²) in [6.07, 6.45) is 0.347. The van der Waals surface area contributed by atoms with Crippen LogP contribution in [-0.2, 0) is 21.4 Å². The molecule has 0 aliphatic carbocycles. The number of amides is 1. The van der Waals surface area contributed by atoms with Crippen LogP contribution in [-0.4, -0.2) is 31.7 Å². The van der Waals surface area contributed by atoms with Crippen LogP contribution in [0.25, 0.3) is 0 Å². The monoisotopic (exact) mass is 428 g/mol. The SMILES string of the molecule is Cc1sc(C(N)N)cc1S(=O)(=O)N1CCC(C(=O)NCc2cccs2)CC1. The number of nitrogens with two attached hydrogens (primary N) is 2. The predicted molar refractivity (Wildman–Crippen MR) is 108 cm³/mol. The first-order chi connectivity index (χ1) is 12.8. The normalized spacial score (nSPS) is 16.7. The summed E-state index contributed by atoms with van der Waals surface area (Å²) in [7, 11) is -3.60.